The quantitative estimate of drug-likeness (QED) is 0.840. The first-order valence-electron chi connectivity index (χ1n) is 7.49. The molecule has 1 N–H and O–H groups in total. The maximum atomic E-state index is 11.6. The Morgan fingerprint density at radius 3 is 2.45 bits per heavy atom. The fourth-order valence-electron chi connectivity index (χ4n) is 2.55. The maximum Gasteiger partial charge on any atom is 0.338 e. The second kappa shape index (κ2) is 7.29. The molecule has 0 amide bonds. The van der Waals surface area contributed by atoms with Crippen LogP contribution in [0.5, 0.6) is 0 Å². The number of carbonyl (C=O) groups excluding carboxylic acids is 1. The molecular formula is C16H24N2O2. The Bertz CT molecular complexity index is 423. The summed E-state index contributed by atoms with van der Waals surface area (Å²) in [6, 6.07) is 8.09. The van der Waals surface area contributed by atoms with Crippen LogP contribution in [0.25, 0.3) is 0 Å². The normalized spacial score (nSPS) is 16.9. The average Bonchev–Trinajstić information content (AvgIpc) is 2.49. The summed E-state index contributed by atoms with van der Waals surface area (Å²) in [7, 11) is 0. The molecule has 0 aliphatic carbocycles. The number of ether oxygens (including phenoxy) is 1. The van der Waals surface area contributed by atoms with Gasteiger partial charge in [-0.2, -0.15) is 0 Å². The van der Waals surface area contributed by atoms with Crippen molar-refractivity contribution in [3.05, 3.63) is 29.8 Å². The van der Waals surface area contributed by atoms with E-state index in [1.165, 1.54) is 12.8 Å². The van der Waals surface area contributed by atoms with Gasteiger partial charge in [0.25, 0.3) is 0 Å². The summed E-state index contributed by atoms with van der Waals surface area (Å²) in [4.78, 5) is 14.0. The highest BCUT2D eigenvalue weighted by Crippen LogP contribution is 2.17. The number of nitrogens with one attached hydrogen (secondary N) is 1. The summed E-state index contributed by atoms with van der Waals surface area (Å²) in [5.74, 6) is -0.254. The van der Waals surface area contributed by atoms with E-state index >= 15 is 0 Å². The highest BCUT2D eigenvalue weighted by atomic mass is 16.5. The summed E-state index contributed by atoms with van der Waals surface area (Å²) in [6.45, 7) is 7.90. The molecule has 0 unspecified atom stereocenters. The van der Waals surface area contributed by atoms with E-state index in [1.807, 2.05) is 31.2 Å². The molecule has 4 nitrogen and oxygen atoms in total. The highest BCUT2D eigenvalue weighted by Gasteiger charge is 2.17. The third-order valence-corrected chi connectivity index (χ3v) is 3.80. The summed E-state index contributed by atoms with van der Waals surface area (Å²) in [6.07, 6.45) is 2.35. The largest absolute Gasteiger partial charge is 0.462 e. The molecule has 1 heterocycles. The molecule has 20 heavy (non-hydrogen) atoms. The minimum absolute atomic E-state index is 0.254. The van der Waals surface area contributed by atoms with Gasteiger partial charge >= 0.3 is 5.97 Å². The smallest absolute Gasteiger partial charge is 0.338 e. The lowest BCUT2D eigenvalue weighted by molar-refractivity contribution is 0.0526. The maximum absolute atomic E-state index is 11.6. The van der Waals surface area contributed by atoms with Crippen LogP contribution in [-0.2, 0) is 4.74 Å². The molecule has 1 fully saturated rings. The van der Waals surface area contributed by atoms with Crippen LogP contribution in [-0.4, -0.2) is 43.2 Å². The molecule has 2 rings (SSSR count). The van der Waals surface area contributed by atoms with Gasteiger partial charge in [0.1, 0.15) is 0 Å². The molecular weight excluding hydrogens is 252 g/mol. The highest BCUT2D eigenvalue weighted by molar-refractivity contribution is 5.89. The van der Waals surface area contributed by atoms with Crippen molar-refractivity contribution in [3.8, 4) is 0 Å². The minimum Gasteiger partial charge on any atom is -0.462 e. The Morgan fingerprint density at radius 1 is 1.25 bits per heavy atom. The summed E-state index contributed by atoms with van der Waals surface area (Å²) in [5, 5.41) is 3.54. The van der Waals surface area contributed by atoms with Crippen LogP contribution in [0, 0.1) is 0 Å². The van der Waals surface area contributed by atoms with Gasteiger partial charge in [-0.05, 0) is 50.6 Å². The van der Waals surface area contributed by atoms with E-state index in [0.29, 0.717) is 18.2 Å². The van der Waals surface area contributed by atoms with Crippen molar-refractivity contribution in [2.45, 2.75) is 32.7 Å². The van der Waals surface area contributed by atoms with E-state index in [-0.39, 0.29) is 5.97 Å². The van der Waals surface area contributed by atoms with Crippen molar-refractivity contribution in [1.29, 1.82) is 0 Å². The molecule has 0 aromatic heterocycles. The van der Waals surface area contributed by atoms with Crippen molar-refractivity contribution < 1.29 is 9.53 Å². The Hall–Kier alpha value is -1.55. The zero-order chi connectivity index (χ0) is 14.4. The summed E-state index contributed by atoms with van der Waals surface area (Å²) < 4.78 is 4.98. The SMILES string of the molecule is CCOC(=O)c1ccc(NC2CCN(CC)CC2)cc1. The van der Waals surface area contributed by atoms with Gasteiger partial charge in [0.15, 0.2) is 0 Å². The zero-order valence-corrected chi connectivity index (χ0v) is 12.4. The predicted octanol–water partition coefficient (Wildman–Crippen LogP) is 2.76. The van der Waals surface area contributed by atoms with Crippen LogP contribution in [0.2, 0.25) is 0 Å². The van der Waals surface area contributed by atoms with Crippen LogP contribution in [0.1, 0.15) is 37.0 Å². The van der Waals surface area contributed by atoms with Crippen LogP contribution in [0.4, 0.5) is 5.69 Å². The van der Waals surface area contributed by atoms with Crippen LogP contribution < -0.4 is 5.32 Å². The standard InChI is InChI=1S/C16H24N2O2/c1-3-18-11-9-15(10-12-18)17-14-7-5-13(6-8-14)16(19)20-4-2/h5-8,15,17H,3-4,9-12H2,1-2H3. The number of likely N-dealkylation sites (tertiary alicyclic amines) is 1. The van der Waals surface area contributed by atoms with Crippen molar-refractivity contribution in [2.75, 3.05) is 31.6 Å². The number of nitrogens with zero attached hydrogens (tertiary/aromatic N) is 1. The minimum atomic E-state index is -0.254. The van der Waals surface area contributed by atoms with Crippen molar-refractivity contribution in [3.63, 3.8) is 0 Å². The first kappa shape index (κ1) is 14.9. The van der Waals surface area contributed by atoms with E-state index in [9.17, 15) is 4.79 Å². The van der Waals surface area contributed by atoms with Crippen LogP contribution >= 0.6 is 0 Å². The van der Waals surface area contributed by atoms with Gasteiger partial charge in [0, 0.05) is 24.8 Å². The van der Waals surface area contributed by atoms with E-state index in [2.05, 4.69) is 17.1 Å². The number of rotatable bonds is 5. The third-order valence-electron chi connectivity index (χ3n) is 3.80. The van der Waals surface area contributed by atoms with E-state index in [1.54, 1.807) is 0 Å². The number of hydrogen-bond acceptors (Lipinski definition) is 4. The molecule has 1 aromatic carbocycles. The Balaban J connectivity index is 1.86. The Kier molecular flexibility index (Phi) is 5.41. The molecule has 1 aliphatic heterocycles. The van der Waals surface area contributed by atoms with Crippen molar-refractivity contribution in [1.82, 2.24) is 4.90 Å². The average molecular weight is 276 g/mol. The fourth-order valence-corrected chi connectivity index (χ4v) is 2.55. The van der Waals surface area contributed by atoms with Gasteiger partial charge < -0.3 is 15.0 Å². The lowest BCUT2D eigenvalue weighted by Crippen LogP contribution is -2.38. The first-order valence-corrected chi connectivity index (χ1v) is 7.49. The van der Waals surface area contributed by atoms with Crippen LogP contribution in [0.15, 0.2) is 24.3 Å². The second-order valence-electron chi connectivity index (χ2n) is 5.15. The van der Waals surface area contributed by atoms with Gasteiger partial charge in [-0.1, -0.05) is 6.92 Å². The van der Waals surface area contributed by atoms with Gasteiger partial charge in [-0.15, -0.1) is 0 Å². The molecule has 0 bridgehead atoms. The molecule has 0 spiro atoms. The van der Waals surface area contributed by atoms with E-state index in [0.717, 1.165) is 25.3 Å². The number of anilines is 1. The lowest BCUT2D eigenvalue weighted by atomic mass is 10.0. The number of piperidine rings is 1. The van der Waals surface area contributed by atoms with Crippen molar-refractivity contribution in [2.24, 2.45) is 0 Å². The molecule has 0 saturated carbocycles. The molecule has 0 atom stereocenters. The lowest BCUT2D eigenvalue weighted by Gasteiger charge is -2.32. The van der Waals surface area contributed by atoms with Crippen LogP contribution in [0.3, 0.4) is 0 Å². The number of esters is 1. The van der Waals surface area contributed by atoms with Gasteiger partial charge in [0.2, 0.25) is 0 Å². The number of carbonyl (C=O) groups is 1. The number of hydrogen-bond donors (Lipinski definition) is 1. The fraction of sp³-hybridized carbons (Fsp3) is 0.562. The molecule has 110 valence electrons. The van der Waals surface area contributed by atoms with Crippen molar-refractivity contribution >= 4 is 11.7 Å². The van der Waals surface area contributed by atoms with Gasteiger partial charge in [-0.25, -0.2) is 4.79 Å². The Labute approximate surface area is 121 Å². The predicted molar refractivity (Wildman–Crippen MR) is 81.2 cm³/mol. The summed E-state index contributed by atoms with van der Waals surface area (Å²) in [5.41, 5.74) is 1.69. The second-order valence-corrected chi connectivity index (χ2v) is 5.15. The van der Waals surface area contributed by atoms with Gasteiger partial charge in [0.05, 0.1) is 12.2 Å². The molecule has 1 aromatic rings. The zero-order valence-electron chi connectivity index (χ0n) is 12.4. The van der Waals surface area contributed by atoms with Gasteiger partial charge in [-0.3, -0.25) is 0 Å². The topological polar surface area (TPSA) is 41.6 Å². The van der Waals surface area contributed by atoms with E-state index < -0.39 is 0 Å². The number of benzene rings is 1. The monoisotopic (exact) mass is 276 g/mol. The molecule has 4 heteroatoms. The molecule has 1 aliphatic rings. The molecule has 1 saturated heterocycles. The third kappa shape index (κ3) is 3.97. The first-order chi connectivity index (χ1) is 9.72. The molecule has 0 radical (unpaired) electrons. The van der Waals surface area contributed by atoms with E-state index in [4.69, 9.17) is 4.74 Å². The Morgan fingerprint density at radius 2 is 1.90 bits per heavy atom. The summed E-state index contributed by atoms with van der Waals surface area (Å²) >= 11 is 0.